The highest BCUT2D eigenvalue weighted by Gasteiger charge is 2.43. The molecule has 0 atom stereocenters. The molecule has 6 N–H and O–H groups in total. The summed E-state index contributed by atoms with van der Waals surface area (Å²) in [5, 5.41) is 19.1. The third kappa shape index (κ3) is 3.60. The number of primary amides is 2. The molecule has 0 heterocycles. The zero-order valence-electron chi connectivity index (χ0n) is 12.4. The minimum atomic E-state index is -1.65. The van der Waals surface area contributed by atoms with Crippen molar-refractivity contribution in [2.45, 2.75) is 12.8 Å². The van der Waals surface area contributed by atoms with Gasteiger partial charge >= 0.3 is 0 Å². The van der Waals surface area contributed by atoms with E-state index in [9.17, 15) is 19.8 Å². The molecule has 0 saturated heterocycles. The Bertz CT molecular complexity index is 679. The van der Waals surface area contributed by atoms with Crippen molar-refractivity contribution in [2.75, 3.05) is 0 Å². The van der Waals surface area contributed by atoms with Crippen molar-refractivity contribution in [1.82, 2.24) is 0 Å². The topological polar surface area (TPSA) is 127 Å². The summed E-state index contributed by atoms with van der Waals surface area (Å²) < 4.78 is 0. The van der Waals surface area contributed by atoms with Crippen LogP contribution in [0.1, 0.15) is 11.1 Å². The fourth-order valence-electron chi connectivity index (χ4n) is 2.56. The molecular weight excluding hydrogens is 296 g/mol. The minimum absolute atomic E-state index is 0.0164. The fraction of sp³-hybridized carbons (Fsp3) is 0.176. The van der Waals surface area contributed by atoms with Gasteiger partial charge in [0.05, 0.1) is 0 Å². The summed E-state index contributed by atoms with van der Waals surface area (Å²) in [6.07, 6.45) is -0.0799. The van der Waals surface area contributed by atoms with Gasteiger partial charge in [-0.2, -0.15) is 0 Å². The van der Waals surface area contributed by atoms with Crippen LogP contribution >= 0.6 is 0 Å². The molecular formula is C17H18N2O4. The van der Waals surface area contributed by atoms with Crippen LogP contribution in [0.3, 0.4) is 0 Å². The van der Waals surface area contributed by atoms with Gasteiger partial charge in [0.2, 0.25) is 11.8 Å². The maximum Gasteiger partial charge on any atom is 0.233 e. The van der Waals surface area contributed by atoms with Gasteiger partial charge in [0.25, 0.3) is 0 Å². The first-order chi connectivity index (χ1) is 10.8. The van der Waals surface area contributed by atoms with E-state index < -0.39 is 17.2 Å². The molecule has 0 aliphatic rings. The number of benzene rings is 2. The highest BCUT2D eigenvalue weighted by atomic mass is 16.3. The van der Waals surface area contributed by atoms with E-state index in [0.29, 0.717) is 11.1 Å². The smallest absolute Gasteiger partial charge is 0.233 e. The minimum Gasteiger partial charge on any atom is -0.508 e. The third-order valence-electron chi connectivity index (χ3n) is 3.78. The lowest BCUT2D eigenvalue weighted by atomic mass is 9.75. The number of carbonyl (C=O) groups is 2. The number of amides is 2. The number of nitrogens with two attached hydrogens (primary N) is 2. The molecule has 0 fully saturated rings. The van der Waals surface area contributed by atoms with E-state index in [0.717, 1.165) is 0 Å². The molecule has 2 amide bonds. The Labute approximate surface area is 133 Å². The highest BCUT2D eigenvalue weighted by molar-refractivity contribution is 6.04. The SMILES string of the molecule is NC(=O)C(Cc1cccc(O)c1)(Cc1cccc(O)c1)C(N)=O. The zero-order valence-corrected chi connectivity index (χ0v) is 12.4. The lowest BCUT2D eigenvalue weighted by Crippen LogP contribution is -2.50. The monoisotopic (exact) mass is 314 g/mol. The second-order valence-corrected chi connectivity index (χ2v) is 5.50. The van der Waals surface area contributed by atoms with E-state index in [-0.39, 0.29) is 24.3 Å². The molecule has 0 unspecified atom stereocenters. The van der Waals surface area contributed by atoms with Crippen LogP contribution in [0.25, 0.3) is 0 Å². The standard InChI is InChI=1S/C17H18N2O4/c18-15(22)17(16(19)23,9-11-3-1-5-13(20)7-11)10-12-4-2-6-14(21)8-12/h1-8,20-21H,9-10H2,(H2,18,22)(H2,19,23). The van der Waals surface area contributed by atoms with Crippen LogP contribution in [0.5, 0.6) is 11.5 Å². The summed E-state index contributed by atoms with van der Waals surface area (Å²) in [6.45, 7) is 0. The summed E-state index contributed by atoms with van der Waals surface area (Å²) >= 11 is 0. The van der Waals surface area contributed by atoms with E-state index in [2.05, 4.69) is 0 Å². The first-order valence-electron chi connectivity index (χ1n) is 6.99. The van der Waals surface area contributed by atoms with Gasteiger partial charge in [0, 0.05) is 0 Å². The summed E-state index contributed by atoms with van der Waals surface area (Å²) in [6, 6.07) is 12.4. The van der Waals surface area contributed by atoms with E-state index in [1.54, 1.807) is 24.3 Å². The number of aromatic hydroxyl groups is 2. The molecule has 120 valence electrons. The highest BCUT2D eigenvalue weighted by Crippen LogP contribution is 2.30. The molecule has 2 aromatic rings. The molecule has 6 heteroatoms. The molecule has 0 aliphatic carbocycles. The molecule has 6 nitrogen and oxygen atoms in total. The Morgan fingerprint density at radius 3 is 1.52 bits per heavy atom. The third-order valence-corrected chi connectivity index (χ3v) is 3.78. The van der Waals surface area contributed by atoms with E-state index >= 15 is 0 Å². The number of carbonyl (C=O) groups excluding carboxylic acids is 2. The molecule has 2 rings (SSSR count). The normalized spacial score (nSPS) is 11.1. The number of phenols is 2. The molecule has 0 spiro atoms. The fourth-order valence-corrected chi connectivity index (χ4v) is 2.56. The zero-order chi connectivity index (χ0) is 17.0. The van der Waals surface area contributed by atoms with Gasteiger partial charge in [-0.15, -0.1) is 0 Å². The number of hydrogen-bond donors (Lipinski definition) is 4. The molecule has 0 bridgehead atoms. The molecule has 23 heavy (non-hydrogen) atoms. The lowest BCUT2D eigenvalue weighted by Gasteiger charge is -2.27. The van der Waals surface area contributed by atoms with Crippen LogP contribution in [0.2, 0.25) is 0 Å². The summed E-state index contributed by atoms with van der Waals surface area (Å²) in [7, 11) is 0. The van der Waals surface area contributed by atoms with Gasteiger partial charge in [-0.25, -0.2) is 0 Å². The predicted octanol–water partition coefficient (Wildman–Crippen LogP) is 0.840. The number of rotatable bonds is 6. The van der Waals surface area contributed by atoms with Crippen LogP contribution in [0.15, 0.2) is 48.5 Å². The number of phenolic OH excluding ortho intramolecular Hbond substituents is 2. The first kappa shape index (κ1) is 16.4. The summed E-state index contributed by atoms with van der Waals surface area (Å²) in [5.74, 6) is -1.67. The van der Waals surface area contributed by atoms with E-state index in [4.69, 9.17) is 11.5 Å². The number of hydrogen-bond acceptors (Lipinski definition) is 4. The van der Waals surface area contributed by atoms with Crippen molar-refractivity contribution in [3.8, 4) is 11.5 Å². The largest absolute Gasteiger partial charge is 0.508 e. The Kier molecular flexibility index (Phi) is 4.55. The van der Waals surface area contributed by atoms with Crippen molar-refractivity contribution in [3.63, 3.8) is 0 Å². The van der Waals surface area contributed by atoms with Crippen LogP contribution in [0.4, 0.5) is 0 Å². The molecule has 0 radical (unpaired) electrons. The summed E-state index contributed by atoms with van der Waals surface area (Å²) in [4.78, 5) is 24.1. The Morgan fingerprint density at radius 2 is 1.22 bits per heavy atom. The van der Waals surface area contributed by atoms with Crippen molar-refractivity contribution in [1.29, 1.82) is 0 Å². The van der Waals surface area contributed by atoms with E-state index in [1.165, 1.54) is 24.3 Å². The maximum absolute atomic E-state index is 12.0. The van der Waals surface area contributed by atoms with Crippen molar-refractivity contribution in [2.24, 2.45) is 16.9 Å². The average Bonchev–Trinajstić information content (AvgIpc) is 2.46. The second-order valence-electron chi connectivity index (χ2n) is 5.50. The molecule has 0 saturated carbocycles. The quantitative estimate of drug-likeness (QED) is 0.589. The Hall–Kier alpha value is -3.02. The Balaban J connectivity index is 2.43. The lowest BCUT2D eigenvalue weighted by molar-refractivity contribution is -0.139. The maximum atomic E-state index is 12.0. The summed E-state index contributed by atoms with van der Waals surface area (Å²) in [5.41, 5.74) is 10.4. The van der Waals surface area contributed by atoms with Gasteiger partial charge in [-0.3, -0.25) is 9.59 Å². The van der Waals surface area contributed by atoms with Crippen LogP contribution < -0.4 is 11.5 Å². The van der Waals surface area contributed by atoms with Gasteiger partial charge < -0.3 is 21.7 Å². The van der Waals surface area contributed by atoms with Crippen LogP contribution in [-0.2, 0) is 22.4 Å². The van der Waals surface area contributed by atoms with Gasteiger partial charge in [-0.05, 0) is 48.2 Å². The molecule has 2 aromatic carbocycles. The van der Waals surface area contributed by atoms with Crippen LogP contribution in [-0.4, -0.2) is 22.0 Å². The molecule has 0 aromatic heterocycles. The van der Waals surface area contributed by atoms with Crippen LogP contribution in [0, 0.1) is 5.41 Å². The second kappa shape index (κ2) is 6.39. The molecule has 0 aliphatic heterocycles. The van der Waals surface area contributed by atoms with Crippen molar-refractivity contribution in [3.05, 3.63) is 59.7 Å². The van der Waals surface area contributed by atoms with Crippen molar-refractivity contribution >= 4 is 11.8 Å². The first-order valence-corrected chi connectivity index (χ1v) is 6.99. The van der Waals surface area contributed by atoms with E-state index in [1.807, 2.05) is 0 Å². The average molecular weight is 314 g/mol. The van der Waals surface area contributed by atoms with Gasteiger partial charge in [-0.1, -0.05) is 24.3 Å². The van der Waals surface area contributed by atoms with Crippen molar-refractivity contribution < 1.29 is 19.8 Å². The van der Waals surface area contributed by atoms with Gasteiger partial charge in [0.15, 0.2) is 0 Å². The predicted molar refractivity (Wildman–Crippen MR) is 84.4 cm³/mol. The Morgan fingerprint density at radius 1 is 0.826 bits per heavy atom. The van der Waals surface area contributed by atoms with Gasteiger partial charge in [0.1, 0.15) is 16.9 Å².